The highest BCUT2D eigenvalue weighted by atomic mass is 19.4. The number of nitrogens with zero attached hydrogens (tertiary/aromatic N) is 3. The number of hydrazine groups is 1. The molecule has 0 spiro atoms. The Hall–Kier alpha value is -3.94. The van der Waals surface area contributed by atoms with Crippen LogP contribution in [0.5, 0.6) is 0 Å². The predicted molar refractivity (Wildman–Crippen MR) is 92.1 cm³/mol. The van der Waals surface area contributed by atoms with Crippen molar-refractivity contribution in [2.45, 2.75) is 6.18 Å². The van der Waals surface area contributed by atoms with Gasteiger partial charge in [0.15, 0.2) is 0 Å². The summed E-state index contributed by atoms with van der Waals surface area (Å²) in [5.41, 5.74) is -1.16. The van der Waals surface area contributed by atoms with Crippen LogP contribution in [-0.4, -0.2) is 27.5 Å². The molecule has 0 fully saturated rings. The number of nitro benzene ring substituents is 2. The van der Waals surface area contributed by atoms with E-state index in [0.29, 0.717) is 0 Å². The van der Waals surface area contributed by atoms with Crippen molar-refractivity contribution in [3.8, 4) is 0 Å². The fourth-order valence-electron chi connectivity index (χ4n) is 2.30. The van der Waals surface area contributed by atoms with Crippen LogP contribution in [0.25, 0.3) is 0 Å². The third-order valence-corrected chi connectivity index (χ3v) is 3.56. The Morgan fingerprint density at radius 2 is 1.59 bits per heavy atom. The first-order valence-corrected chi connectivity index (χ1v) is 7.60. The van der Waals surface area contributed by atoms with Crippen molar-refractivity contribution in [2.24, 2.45) is 0 Å². The van der Waals surface area contributed by atoms with Gasteiger partial charge in [0, 0.05) is 12.1 Å². The van der Waals surface area contributed by atoms with Gasteiger partial charge in [-0.05, 0) is 12.1 Å². The minimum Gasteiger partial charge on any atom is -0.289 e. The number of amides is 1. The normalized spacial score (nSPS) is 10.9. The van der Waals surface area contributed by atoms with Crippen LogP contribution in [0.3, 0.4) is 0 Å². The number of alkyl halides is 3. The SMILES string of the molecule is O=C(CN(Nc1c([N+](=O)[O-])cc(C(F)(F)F)cc1[N+](=O)[O-])c1ccccc1)NO. The number of carbonyl (C=O) groups is 1. The van der Waals surface area contributed by atoms with E-state index in [4.69, 9.17) is 5.21 Å². The third kappa shape index (κ3) is 5.07. The molecule has 2 aromatic rings. The van der Waals surface area contributed by atoms with E-state index in [1.165, 1.54) is 29.7 Å². The second kappa shape index (κ2) is 8.39. The highest BCUT2D eigenvalue weighted by molar-refractivity contribution is 5.83. The molecule has 29 heavy (non-hydrogen) atoms. The molecule has 0 aliphatic carbocycles. The number of rotatable bonds is 7. The number of carbonyl (C=O) groups excluding carboxylic acids is 1. The molecule has 14 heteroatoms. The molecule has 0 saturated carbocycles. The van der Waals surface area contributed by atoms with Crippen LogP contribution in [0.2, 0.25) is 0 Å². The van der Waals surface area contributed by atoms with E-state index < -0.39 is 51.1 Å². The van der Waals surface area contributed by atoms with Gasteiger partial charge in [0.25, 0.3) is 5.91 Å². The fraction of sp³-hybridized carbons (Fsp3) is 0.133. The minimum atomic E-state index is -5.07. The number of benzene rings is 2. The van der Waals surface area contributed by atoms with Crippen molar-refractivity contribution in [1.29, 1.82) is 0 Å². The average molecular weight is 415 g/mol. The Kier molecular flexibility index (Phi) is 6.18. The zero-order valence-electron chi connectivity index (χ0n) is 14.2. The van der Waals surface area contributed by atoms with Gasteiger partial charge in [0.05, 0.1) is 21.1 Å². The molecular formula is C15H12F3N5O6. The number of halogens is 3. The molecule has 11 nitrogen and oxygen atoms in total. The van der Waals surface area contributed by atoms with E-state index in [-0.39, 0.29) is 17.8 Å². The first-order valence-electron chi connectivity index (χ1n) is 7.60. The topological polar surface area (TPSA) is 151 Å². The van der Waals surface area contributed by atoms with Crippen LogP contribution in [0.15, 0.2) is 42.5 Å². The Balaban J connectivity index is 2.64. The maximum absolute atomic E-state index is 13.0. The van der Waals surface area contributed by atoms with Crippen LogP contribution >= 0.6 is 0 Å². The summed E-state index contributed by atoms with van der Waals surface area (Å²) in [6, 6.07) is 7.73. The third-order valence-electron chi connectivity index (χ3n) is 3.56. The lowest BCUT2D eigenvalue weighted by molar-refractivity contribution is -0.392. The number of nitrogens with one attached hydrogen (secondary N) is 2. The number of hydrogen-bond donors (Lipinski definition) is 3. The summed E-state index contributed by atoms with van der Waals surface area (Å²) in [6.45, 7) is -0.685. The average Bonchev–Trinajstić information content (AvgIpc) is 2.66. The number of nitro groups is 2. The summed E-state index contributed by atoms with van der Waals surface area (Å²) in [5.74, 6) is -1.00. The molecule has 0 aliphatic rings. The molecule has 2 aromatic carbocycles. The Morgan fingerprint density at radius 1 is 1.07 bits per heavy atom. The Morgan fingerprint density at radius 3 is 2.00 bits per heavy atom. The molecule has 0 radical (unpaired) electrons. The Bertz CT molecular complexity index is 903. The molecule has 3 N–H and O–H groups in total. The summed E-state index contributed by atoms with van der Waals surface area (Å²) >= 11 is 0. The van der Waals surface area contributed by atoms with Crippen molar-refractivity contribution in [1.82, 2.24) is 5.48 Å². The largest absolute Gasteiger partial charge is 0.416 e. The number of hydroxylamine groups is 1. The summed E-state index contributed by atoms with van der Waals surface area (Å²) in [5, 5.41) is 32.2. The van der Waals surface area contributed by atoms with Crippen molar-refractivity contribution in [3.05, 3.63) is 68.3 Å². The van der Waals surface area contributed by atoms with Crippen molar-refractivity contribution in [2.75, 3.05) is 17.0 Å². The molecule has 0 saturated heterocycles. The van der Waals surface area contributed by atoms with Crippen molar-refractivity contribution >= 4 is 28.7 Å². The predicted octanol–water partition coefficient (Wildman–Crippen LogP) is 2.86. The highest BCUT2D eigenvalue weighted by Gasteiger charge is 2.38. The second-order valence-electron chi connectivity index (χ2n) is 5.47. The molecule has 0 unspecified atom stereocenters. The standard InChI is InChI=1S/C15H12F3N5O6/c16-15(17,18)9-6-11(22(26)27)14(12(7-9)23(28)29)19-21(8-13(24)20-25)10-4-2-1-3-5-10/h1-7,19,25H,8H2,(H,20,24). The smallest absolute Gasteiger partial charge is 0.289 e. The lowest BCUT2D eigenvalue weighted by Gasteiger charge is -2.25. The van der Waals surface area contributed by atoms with Gasteiger partial charge in [0.2, 0.25) is 5.69 Å². The lowest BCUT2D eigenvalue weighted by Crippen LogP contribution is -2.39. The van der Waals surface area contributed by atoms with Gasteiger partial charge >= 0.3 is 17.6 Å². The second-order valence-corrected chi connectivity index (χ2v) is 5.47. The fourth-order valence-corrected chi connectivity index (χ4v) is 2.30. The van der Waals surface area contributed by atoms with Crippen molar-refractivity contribution < 1.29 is 33.0 Å². The molecule has 2 rings (SSSR count). The summed E-state index contributed by atoms with van der Waals surface area (Å²) < 4.78 is 39.0. The van der Waals surface area contributed by atoms with Crippen LogP contribution in [0.1, 0.15) is 5.56 Å². The first kappa shape index (κ1) is 21.4. The van der Waals surface area contributed by atoms with Gasteiger partial charge in [0.1, 0.15) is 6.54 Å². The quantitative estimate of drug-likeness (QED) is 0.355. The van der Waals surface area contributed by atoms with E-state index in [9.17, 15) is 38.2 Å². The summed E-state index contributed by atoms with van der Waals surface area (Å²) in [6.07, 6.45) is -5.07. The van der Waals surface area contributed by atoms with Gasteiger partial charge in [-0.25, -0.2) is 5.48 Å². The number of hydrogen-bond acceptors (Lipinski definition) is 8. The molecule has 0 aliphatic heterocycles. The molecule has 154 valence electrons. The van der Waals surface area contributed by atoms with Gasteiger partial charge in [-0.1, -0.05) is 18.2 Å². The maximum Gasteiger partial charge on any atom is 0.416 e. The minimum absolute atomic E-state index is 0.143. The van der Waals surface area contributed by atoms with Gasteiger partial charge in [-0.2, -0.15) is 13.2 Å². The maximum atomic E-state index is 13.0. The van der Waals surface area contributed by atoms with Crippen LogP contribution < -0.4 is 15.9 Å². The first-order chi connectivity index (χ1) is 13.5. The van der Waals surface area contributed by atoms with Crippen LogP contribution in [-0.2, 0) is 11.0 Å². The summed E-state index contributed by atoms with van der Waals surface area (Å²) in [7, 11) is 0. The Labute approximate surface area is 159 Å². The molecule has 0 atom stereocenters. The van der Waals surface area contributed by atoms with Gasteiger partial charge in [-0.15, -0.1) is 0 Å². The zero-order chi connectivity index (χ0) is 21.8. The molecule has 0 bridgehead atoms. The van der Waals surface area contributed by atoms with Crippen LogP contribution in [0, 0.1) is 20.2 Å². The summed E-state index contributed by atoms with van der Waals surface area (Å²) in [4.78, 5) is 31.7. The zero-order valence-corrected chi connectivity index (χ0v) is 14.2. The van der Waals surface area contributed by atoms with Gasteiger partial charge < -0.3 is 0 Å². The van der Waals surface area contributed by atoms with E-state index >= 15 is 0 Å². The number of anilines is 2. The van der Waals surface area contributed by atoms with E-state index in [2.05, 4.69) is 5.43 Å². The van der Waals surface area contributed by atoms with E-state index in [0.717, 1.165) is 5.01 Å². The number of para-hydroxylation sites is 1. The van der Waals surface area contributed by atoms with Crippen molar-refractivity contribution in [3.63, 3.8) is 0 Å². The van der Waals surface area contributed by atoms with Gasteiger partial charge in [-0.3, -0.25) is 40.7 Å². The highest BCUT2D eigenvalue weighted by Crippen LogP contribution is 2.41. The van der Waals surface area contributed by atoms with Crippen LogP contribution in [0.4, 0.5) is 35.9 Å². The molecule has 0 aromatic heterocycles. The van der Waals surface area contributed by atoms with E-state index in [1.807, 2.05) is 0 Å². The molecule has 1 amide bonds. The monoisotopic (exact) mass is 415 g/mol. The lowest BCUT2D eigenvalue weighted by atomic mass is 10.1. The molecular weight excluding hydrogens is 403 g/mol. The molecule has 0 heterocycles. The van der Waals surface area contributed by atoms with E-state index in [1.54, 1.807) is 6.07 Å².